The zero-order chi connectivity index (χ0) is 12.8. The molecule has 2 N–H and O–H groups in total. The van der Waals surface area contributed by atoms with Crippen LogP contribution in [0.15, 0.2) is 12.4 Å². The molecule has 1 aromatic heterocycles. The summed E-state index contributed by atoms with van der Waals surface area (Å²) in [6.07, 6.45) is 3.82. The molecule has 0 saturated heterocycles. The molecular weight excluding hydrogens is 218 g/mol. The summed E-state index contributed by atoms with van der Waals surface area (Å²) in [7, 11) is 1.88. The third kappa shape index (κ3) is 4.85. The molecule has 1 aromatic rings. The lowest BCUT2D eigenvalue weighted by Gasteiger charge is -2.20. The van der Waals surface area contributed by atoms with Crippen molar-refractivity contribution in [3.05, 3.63) is 18.0 Å². The smallest absolute Gasteiger partial charge is 0.100 e. The molecule has 0 radical (unpaired) electrons. The Morgan fingerprint density at radius 1 is 1.29 bits per heavy atom. The summed E-state index contributed by atoms with van der Waals surface area (Å²) in [6, 6.07) is -0.0711. The Labute approximate surface area is 103 Å². The van der Waals surface area contributed by atoms with Crippen molar-refractivity contribution in [1.29, 1.82) is 0 Å². The maximum atomic E-state index is 5.92. The Balaban J connectivity index is 2.44. The van der Waals surface area contributed by atoms with Gasteiger partial charge in [0, 0.05) is 24.8 Å². The van der Waals surface area contributed by atoms with Crippen LogP contribution >= 0.6 is 0 Å². The van der Waals surface area contributed by atoms with Gasteiger partial charge in [-0.25, -0.2) is 0 Å². The lowest BCUT2D eigenvalue weighted by molar-refractivity contribution is -0.0201. The molecule has 0 aliphatic carbocycles. The molecule has 5 nitrogen and oxygen atoms in total. The van der Waals surface area contributed by atoms with Gasteiger partial charge in [-0.15, -0.1) is 0 Å². The van der Waals surface area contributed by atoms with E-state index in [-0.39, 0.29) is 18.2 Å². The maximum absolute atomic E-state index is 5.92. The average Bonchev–Trinajstić information content (AvgIpc) is 2.63. The molecule has 1 heterocycles. The van der Waals surface area contributed by atoms with Gasteiger partial charge in [-0.3, -0.25) is 4.68 Å². The fourth-order valence-corrected chi connectivity index (χ4v) is 1.60. The first kappa shape index (κ1) is 14.2. The minimum Gasteiger partial charge on any atom is -0.376 e. The minimum atomic E-state index is -0.125. The van der Waals surface area contributed by atoms with Crippen molar-refractivity contribution in [2.24, 2.45) is 12.8 Å². The van der Waals surface area contributed by atoms with E-state index in [1.807, 2.05) is 34.0 Å². The van der Waals surface area contributed by atoms with Crippen LogP contribution < -0.4 is 5.73 Å². The summed E-state index contributed by atoms with van der Waals surface area (Å²) in [5.41, 5.74) is 6.92. The lowest BCUT2D eigenvalue weighted by atomic mass is 10.1. The van der Waals surface area contributed by atoms with Gasteiger partial charge in [0.2, 0.25) is 0 Å². The highest BCUT2D eigenvalue weighted by atomic mass is 16.5. The number of hydrogen-bond acceptors (Lipinski definition) is 4. The van der Waals surface area contributed by atoms with E-state index in [9.17, 15) is 0 Å². The first-order valence-electron chi connectivity index (χ1n) is 5.98. The van der Waals surface area contributed by atoms with Crippen LogP contribution in [0.5, 0.6) is 0 Å². The highest BCUT2D eigenvalue weighted by Gasteiger charge is 2.18. The van der Waals surface area contributed by atoms with Gasteiger partial charge in [0.15, 0.2) is 0 Å². The topological polar surface area (TPSA) is 62.3 Å². The van der Waals surface area contributed by atoms with Gasteiger partial charge >= 0.3 is 0 Å². The number of aryl methyl sites for hydroxylation is 1. The van der Waals surface area contributed by atoms with E-state index in [1.54, 1.807) is 10.9 Å². The van der Waals surface area contributed by atoms with Crippen LogP contribution in [-0.4, -0.2) is 35.1 Å². The van der Waals surface area contributed by atoms with Crippen molar-refractivity contribution in [3.8, 4) is 0 Å². The number of nitrogens with two attached hydrogens (primary N) is 1. The normalized spacial score (nSPS) is 15.2. The molecule has 0 amide bonds. The fourth-order valence-electron chi connectivity index (χ4n) is 1.60. The zero-order valence-electron chi connectivity index (χ0n) is 11.1. The molecule has 0 bridgehead atoms. The molecule has 98 valence electrons. The number of aromatic nitrogens is 2. The predicted octanol–water partition coefficient (Wildman–Crippen LogP) is 1.25. The molecule has 5 heteroatoms. The first-order chi connectivity index (χ1) is 8.00. The molecule has 0 spiro atoms. The molecule has 2 unspecified atom stereocenters. The summed E-state index contributed by atoms with van der Waals surface area (Å²) >= 11 is 0. The predicted molar refractivity (Wildman–Crippen MR) is 66.6 cm³/mol. The van der Waals surface area contributed by atoms with Crippen LogP contribution in [0.25, 0.3) is 0 Å². The molecule has 0 aliphatic heterocycles. The van der Waals surface area contributed by atoms with Crippen LogP contribution in [0, 0.1) is 0 Å². The van der Waals surface area contributed by atoms with E-state index in [0.29, 0.717) is 13.2 Å². The molecule has 0 aromatic carbocycles. The summed E-state index contributed by atoms with van der Waals surface area (Å²) in [6.45, 7) is 7.07. The number of hydrogen-bond donors (Lipinski definition) is 1. The monoisotopic (exact) mass is 241 g/mol. The molecule has 0 saturated carbocycles. The van der Waals surface area contributed by atoms with Gasteiger partial charge < -0.3 is 15.2 Å². The van der Waals surface area contributed by atoms with Crippen LogP contribution in [0.3, 0.4) is 0 Å². The van der Waals surface area contributed by atoms with Crippen molar-refractivity contribution < 1.29 is 9.47 Å². The molecule has 17 heavy (non-hydrogen) atoms. The van der Waals surface area contributed by atoms with E-state index in [2.05, 4.69) is 5.10 Å². The largest absolute Gasteiger partial charge is 0.376 e. The van der Waals surface area contributed by atoms with Gasteiger partial charge in [0.25, 0.3) is 0 Å². The number of ether oxygens (including phenoxy) is 2. The molecule has 2 atom stereocenters. The Bertz CT molecular complexity index is 323. The van der Waals surface area contributed by atoms with E-state index in [0.717, 1.165) is 5.56 Å². The Morgan fingerprint density at radius 3 is 2.41 bits per heavy atom. The summed E-state index contributed by atoms with van der Waals surface area (Å²) in [4.78, 5) is 0. The van der Waals surface area contributed by atoms with Gasteiger partial charge in [-0.05, 0) is 20.8 Å². The number of rotatable bonds is 7. The number of nitrogens with zero attached hydrogens (tertiary/aromatic N) is 2. The van der Waals surface area contributed by atoms with Crippen LogP contribution in [0.4, 0.5) is 0 Å². The maximum Gasteiger partial charge on any atom is 0.100 e. The highest BCUT2D eigenvalue weighted by Crippen LogP contribution is 2.19. The van der Waals surface area contributed by atoms with Crippen molar-refractivity contribution in [1.82, 2.24) is 9.78 Å². The van der Waals surface area contributed by atoms with Crippen molar-refractivity contribution in [2.45, 2.75) is 39.0 Å². The second-order valence-electron chi connectivity index (χ2n) is 4.52. The molecule has 0 aliphatic rings. The van der Waals surface area contributed by atoms with Crippen LogP contribution in [0.1, 0.15) is 32.4 Å². The zero-order valence-corrected chi connectivity index (χ0v) is 11.1. The Morgan fingerprint density at radius 2 is 1.94 bits per heavy atom. The second-order valence-corrected chi connectivity index (χ2v) is 4.52. The fraction of sp³-hybridized carbons (Fsp3) is 0.750. The van der Waals surface area contributed by atoms with E-state index in [4.69, 9.17) is 15.2 Å². The lowest BCUT2D eigenvalue weighted by Crippen LogP contribution is -2.28. The van der Waals surface area contributed by atoms with Gasteiger partial charge in [0.1, 0.15) is 6.10 Å². The Kier molecular flexibility index (Phi) is 5.61. The van der Waals surface area contributed by atoms with Gasteiger partial charge in [-0.2, -0.15) is 5.10 Å². The summed E-state index contributed by atoms with van der Waals surface area (Å²) in [5, 5.41) is 4.13. The highest BCUT2D eigenvalue weighted by molar-refractivity contribution is 5.10. The quantitative estimate of drug-likeness (QED) is 0.730. The summed E-state index contributed by atoms with van der Waals surface area (Å²) < 4.78 is 12.9. The van der Waals surface area contributed by atoms with Crippen LogP contribution in [-0.2, 0) is 16.5 Å². The van der Waals surface area contributed by atoms with E-state index >= 15 is 0 Å². The first-order valence-corrected chi connectivity index (χ1v) is 5.98. The average molecular weight is 241 g/mol. The van der Waals surface area contributed by atoms with Crippen molar-refractivity contribution in [3.63, 3.8) is 0 Å². The van der Waals surface area contributed by atoms with Crippen molar-refractivity contribution in [2.75, 3.05) is 13.2 Å². The standard InChI is InChI=1S/C12H23N3O2/c1-9(2)16-5-6-17-12(10(3)13)11-7-14-15(4)8-11/h7-10,12H,5-6,13H2,1-4H3. The third-order valence-electron chi connectivity index (χ3n) is 2.36. The molecule has 0 fully saturated rings. The van der Waals surface area contributed by atoms with Crippen LogP contribution in [0.2, 0.25) is 0 Å². The van der Waals surface area contributed by atoms with Gasteiger partial charge in [0.05, 0.1) is 25.5 Å². The second kappa shape index (κ2) is 6.74. The molecular formula is C12H23N3O2. The van der Waals surface area contributed by atoms with E-state index in [1.165, 1.54) is 0 Å². The molecule has 1 rings (SSSR count). The summed E-state index contributed by atoms with van der Waals surface area (Å²) in [5.74, 6) is 0. The minimum absolute atomic E-state index is 0.0711. The van der Waals surface area contributed by atoms with E-state index < -0.39 is 0 Å². The SMILES string of the molecule is CC(C)OCCOC(c1cnn(C)c1)C(C)N. The Hall–Kier alpha value is -0.910. The van der Waals surface area contributed by atoms with Crippen molar-refractivity contribution >= 4 is 0 Å². The third-order valence-corrected chi connectivity index (χ3v) is 2.36. The van der Waals surface area contributed by atoms with Gasteiger partial charge in [-0.1, -0.05) is 0 Å².